The van der Waals surface area contributed by atoms with E-state index in [9.17, 15) is 14.4 Å². The standard InChI is InChI=1S/C29H26N2O4/c1-20(32)18-28(33)31-22-15-13-21(14-16-22)8-6-7-17-30-29(34)35-19-27-25-11-4-2-9-23(25)24-10-3-5-12-26(24)27/h2-5,9-16,27H,7,17-19H2,1H3,(H,30,34)(H,31,33). The highest BCUT2D eigenvalue weighted by Gasteiger charge is 2.28. The van der Waals surface area contributed by atoms with Crippen molar-refractivity contribution in [2.45, 2.75) is 25.7 Å². The summed E-state index contributed by atoms with van der Waals surface area (Å²) in [6.07, 6.45) is -0.126. The predicted molar refractivity (Wildman–Crippen MR) is 135 cm³/mol. The number of anilines is 1. The molecule has 0 aliphatic heterocycles. The van der Waals surface area contributed by atoms with E-state index in [1.807, 2.05) is 24.3 Å². The van der Waals surface area contributed by atoms with Crippen LogP contribution in [0.5, 0.6) is 0 Å². The molecule has 2 amide bonds. The SMILES string of the molecule is CC(=O)CC(=O)Nc1ccc(C#CCCNC(=O)OCC2c3ccccc3-c3ccccc32)cc1. The van der Waals surface area contributed by atoms with Gasteiger partial charge in [0, 0.05) is 30.1 Å². The minimum absolute atomic E-state index is 0.0307. The number of benzene rings is 3. The van der Waals surface area contributed by atoms with E-state index in [4.69, 9.17) is 4.74 Å². The van der Waals surface area contributed by atoms with Gasteiger partial charge in [-0.05, 0) is 53.4 Å². The van der Waals surface area contributed by atoms with Gasteiger partial charge in [0.15, 0.2) is 0 Å². The van der Waals surface area contributed by atoms with Crippen molar-refractivity contribution in [1.29, 1.82) is 0 Å². The molecule has 6 nitrogen and oxygen atoms in total. The number of fused-ring (bicyclic) bond motifs is 3. The van der Waals surface area contributed by atoms with Gasteiger partial charge >= 0.3 is 6.09 Å². The molecule has 3 aromatic carbocycles. The number of alkyl carbamates (subject to hydrolysis) is 1. The summed E-state index contributed by atoms with van der Waals surface area (Å²) in [4.78, 5) is 34.8. The summed E-state index contributed by atoms with van der Waals surface area (Å²) in [5.41, 5.74) is 6.14. The second-order valence-electron chi connectivity index (χ2n) is 8.31. The van der Waals surface area contributed by atoms with E-state index in [-0.39, 0.29) is 30.6 Å². The van der Waals surface area contributed by atoms with Gasteiger partial charge in [-0.25, -0.2) is 4.79 Å². The molecule has 0 heterocycles. The number of Topliss-reactive ketones (excluding diaryl/α,β-unsaturated/α-hetero) is 1. The van der Waals surface area contributed by atoms with Gasteiger partial charge in [0.05, 0.1) is 6.42 Å². The maximum absolute atomic E-state index is 12.2. The largest absolute Gasteiger partial charge is 0.449 e. The molecule has 0 radical (unpaired) electrons. The van der Waals surface area contributed by atoms with Gasteiger partial charge in [-0.2, -0.15) is 0 Å². The zero-order chi connectivity index (χ0) is 24.6. The minimum Gasteiger partial charge on any atom is -0.449 e. The summed E-state index contributed by atoms with van der Waals surface area (Å²) in [6, 6.07) is 23.5. The van der Waals surface area contributed by atoms with E-state index < -0.39 is 6.09 Å². The summed E-state index contributed by atoms with van der Waals surface area (Å²) in [5, 5.41) is 5.41. The van der Waals surface area contributed by atoms with Crippen molar-refractivity contribution in [2.24, 2.45) is 0 Å². The van der Waals surface area contributed by atoms with Crippen molar-refractivity contribution in [3.05, 3.63) is 89.5 Å². The third kappa shape index (κ3) is 6.15. The lowest BCUT2D eigenvalue weighted by molar-refractivity contribution is -0.124. The van der Waals surface area contributed by atoms with Crippen molar-refractivity contribution in [3.8, 4) is 23.0 Å². The van der Waals surface area contributed by atoms with Crippen molar-refractivity contribution >= 4 is 23.5 Å². The molecule has 4 rings (SSSR count). The van der Waals surface area contributed by atoms with E-state index >= 15 is 0 Å². The molecule has 3 aromatic rings. The third-order valence-corrected chi connectivity index (χ3v) is 5.67. The van der Waals surface area contributed by atoms with E-state index in [0.717, 1.165) is 5.56 Å². The van der Waals surface area contributed by atoms with Gasteiger partial charge in [-0.3, -0.25) is 9.59 Å². The molecule has 35 heavy (non-hydrogen) atoms. The Morgan fingerprint density at radius 3 is 2.14 bits per heavy atom. The van der Waals surface area contributed by atoms with Crippen molar-refractivity contribution in [1.82, 2.24) is 5.32 Å². The van der Waals surface area contributed by atoms with Crippen LogP contribution in [-0.4, -0.2) is 30.9 Å². The molecule has 2 N–H and O–H groups in total. The van der Waals surface area contributed by atoms with Crippen LogP contribution >= 0.6 is 0 Å². The van der Waals surface area contributed by atoms with Gasteiger partial charge < -0.3 is 15.4 Å². The summed E-state index contributed by atoms with van der Waals surface area (Å²) in [7, 11) is 0. The summed E-state index contributed by atoms with van der Waals surface area (Å²) >= 11 is 0. The second-order valence-corrected chi connectivity index (χ2v) is 8.31. The number of hydrogen-bond donors (Lipinski definition) is 2. The second kappa shape index (κ2) is 11.2. The van der Waals surface area contributed by atoms with Gasteiger partial charge in [-0.1, -0.05) is 60.4 Å². The summed E-state index contributed by atoms with van der Waals surface area (Å²) in [5.74, 6) is 5.54. The van der Waals surface area contributed by atoms with Gasteiger partial charge in [0.2, 0.25) is 5.91 Å². The third-order valence-electron chi connectivity index (χ3n) is 5.67. The highest BCUT2D eigenvalue weighted by atomic mass is 16.5. The molecule has 0 fully saturated rings. The molecule has 0 bridgehead atoms. The Kier molecular flexibility index (Phi) is 7.59. The molecule has 0 saturated heterocycles. The van der Waals surface area contributed by atoms with E-state index in [0.29, 0.717) is 18.7 Å². The fraction of sp³-hybridized carbons (Fsp3) is 0.207. The lowest BCUT2D eigenvalue weighted by atomic mass is 9.98. The molecule has 1 aliphatic carbocycles. The van der Waals surface area contributed by atoms with Crippen LogP contribution in [0.1, 0.15) is 42.4 Å². The lowest BCUT2D eigenvalue weighted by Gasteiger charge is -2.14. The average molecular weight is 467 g/mol. The normalized spacial score (nSPS) is 11.5. The minimum atomic E-state index is -0.459. The molecule has 176 valence electrons. The van der Waals surface area contributed by atoms with Crippen molar-refractivity contribution in [2.75, 3.05) is 18.5 Å². The Hall–Kier alpha value is -4.37. The first-order valence-electron chi connectivity index (χ1n) is 11.5. The van der Waals surface area contributed by atoms with E-state index in [1.165, 1.54) is 29.2 Å². The predicted octanol–water partition coefficient (Wildman–Crippen LogP) is 4.88. The number of ether oxygens (including phenoxy) is 1. The summed E-state index contributed by atoms with van der Waals surface area (Å²) in [6.45, 7) is 2.03. The fourth-order valence-corrected chi connectivity index (χ4v) is 4.11. The van der Waals surface area contributed by atoms with Crippen LogP contribution in [-0.2, 0) is 14.3 Å². The van der Waals surface area contributed by atoms with Crippen LogP contribution in [0.4, 0.5) is 10.5 Å². The number of carbonyl (C=O) groups is 3. The number of amides is 2. The molecule has 0 spiro atoms. The maximum Gasteiger partial charge on any atom is 0.407 e. The van der Waals surface area contributed by atoms with Gasteiger partial charge in [0.1, 0.15) is 12.4 Å². The van der Waals surface area contributed by atoms with Crippen LogP contribution < -0.4 is 10.6 Å². The Morgan fingerprint density at radius 2 is 1.51 bits per heavy atom. The lowest BCUT2D eigenvalue weighted by Crippen LogP contribution is -2.26. The number of nitrogens with one attached hydrogen (secondary N) is 2. The molecule has 0 aromatic heterocycles. The first-order valence-corrected chi connectivity index (χ1v) is 11.5. The Labute approximate surface area is 204 Å². The van der Waals surface area contributed by atoms with Gasteiger partial charge in [0.25, 0.3) is 0 Å². The van der Waals surface area contributed by atoms with E-state index in [2.05, 4.69) is 46.7 Å². The first-order chi connectivity index (χ1) is 17.0. The molecule has 0 atom stereocenters. The molecule has 1 aliphatic rings. The molecule has 0 unspecified atom stereocenters. The average Bonchev–Trinajstić information content (AvgIpc) is 3.17. The van der Waals surface area contributed by atoms with Crippen LogP contribution in [0.3, 0.4) is 0 Å². The monoisotopic (exact) mass is 466 g/mol. The van der Waals surface area contributed by atoms with Crippen LogP contribution in [0.15, 0.2) is 72.8 Å². The van der Waals surface area contributed by atoms with Crippen molar-refractivity contribution in [3.63, 3.8) is 0 Å². The Bertz CT molecular complexity index is 1260. The Morgan fingerprint density at radius 1 is 0.886 bits per heavy atom. The Balaban J connectivity index is 1.21. The van der Waals surface area contributed by atoms with Crippen LogP contribution in [0.2, 0.25) is 0 Å². The van der Waals surface area contributed by atoms with Crippen LogP contribution in [0.25, 0.3) is 11.1 Å². The number of carbonyl (C=O) groups excluding carboxylic acids is 3. The number of hydrogen-bond acceptors (Lipinski definition) is 4. The quantitative estimate of drug-likeness (QED) is 0.295. The van der Waals surface area contributed by atoms with Crippen LogP contribution in [0, 0.1) is 11.8 Å². The maximum atomic E-state index is 12.2. The zero-order valence-electron chi connectivity index (χ0n) is 19.5. The first kappa shape index (κ1) is 23.8. The number of rotatable bonds is 7. The fourth-order valence-electron chi connectivity index (χ4n) is 4.11. The molecular formula is C29H26N2O4. The highest BCUT2D eigenvalue weighted by Crippen LogP contribution is 2.44. The zero-order valence-corrected chi connectivity index (χ0v) is 19.5. The summed E-state index contributed by atoms with van der Waals surface area (Å²) < 4.78 is 5.52. The molecule has 0 saturated carbocycles. The molecule has 6 heteroatoms. The van der Waals surface area contributed by atoms with Crippen molar-refractivity contribution < 1.29 is 19.1 Å². The molecular weight excluding hydrogens is 440 g/mol. The van der Waals surface area contributed by atoms with E-state index in [1.54, 1.807) is 24.3 Å². The highest BCUT2D eigenvalue weighted by molar-refractivity contribution is 6.03. The topological polar surface area (TPSA) is 84.5 Å². The smallest absolute Gasteiger partial charge is 0.407 e. The number of ketones is 1. The van der Waals surface area contributed by atoms with Gasteiger partial charge in [-0.15, -0.1) is 0 Å².